The van der Waals surface area contributed by atoms with Gasteiger partial charge in [0.15, 0.2) is 5.54 Å². The zero-order valence-corrected chi connectivity index (χ0v) is 21.2. The van der Waals surface area contributed by atoms with Crippen LogP contribution in [-0.2, 0) is 23.4 Å². The third-order valence-corrected chi connectivity index (χ3v) is 8.69. The lowest BCUT2D eigenvalue weighted by Crippen LogP contribution is -2.63. The summed E-state index contributed by atoms with van der Waals surface area (Å²) in [7, 11) is 0. The molecule has 1 saturated carbocycles. The summed E-state index contributed by atoms with van der Waals surface area (Å²) >= 11 is 1.63. The Morgan fingerprint density at radius 1 is 0.944 bits per heavy atom. The van der Waals surface area contributed by atoms with Crippen molar-refractivity contribution in [1.29, 1.82) is 0 Å². The van der Waals surface area contributed by atoms with Gasteiger partial charge in [0.25, 0.3) is 11.8 Å². The first-order valence-corrected chi connectivity index (χ1v) is 13.8. The smallest absolute Gasteiger partial charge is 0.272 e. The van der Waals surface area contributed by atoms with Crippen LogP contribution in [0.25, 0.3) is 10.2 Å². The van der Waals surface area contributed by atoms with E-state index in [1.54, 1.807) is 11.3 Å². The number of thiophene rings is 1. The van der Waals surface area contributed by atoms with E-state index in [1.807, 2.05) is 71.6 Å². The van der Waals surface area contributed by atoms with E-state index in [-0.39, 0.29) is 17.9 Å². The van der Waals surface area contributed by atoms with E-state index in [2.05, 4.69) is 21.3 Å². The summed E-state index contributed by atoms with van der Waals surface area (Å²) in [6, 6.07) is 24.1. The highest BCUT2D eigenvalue weighted by atomic mass is 32.1. The van der Waals surface area contributed by atoms with Crippen LogP contribution in [-0.4, -0.2) is 27.3 Å². The molecule has 3 heterocycles. The SMILES string of the molecule is O=C1c2cc3sccc3n2C[C@@](C(=O)NC2CCCCCC2)(c2ccccc2)N1Cc1ccccc1. The summed E-state index contributed by atoms with van der Waals surface area (Å²) in [5.41, 5.74) is 2.38. The topological polar surface area (TPSA) is 54.3 Å². The van der Waals surface area contributed by atoms with E-state index in [0.717, 1.165) is 47.0 Å². The molecule has 36 heavy (non-hydrogen) atoms. The Hall–Kier alpha value is -3.38. The van der Waals surface area contributed by atoms with Crippen molar-refractivity contribution in [3.05, 3.63) is 95.0 Å². The number of fused-ring (bicyclic) bond motifs is 3. The van der Waals surface area contributed by atoms with Gasteiger partial charge in [-0.2, -0.15) is 0 Å². The monoisotopic (exact) mass is 497 g/mol. The molecular formula is C30H31N3O2S. The van der Waals surface area contributed by atoms with Crippen LogP contribution in [0.15, 0.2) is 78.2 Å². The zero-order chi connectivity index (χ0) is 24.5. The minimum atomic E-state index is -1.15. The maximum absolute atomic E-state index is 14.5. The Morgan fingerprint density at radius 3 is 2.36 bits per heavy atom. The van der Waals surface area contributed by atoms with Crippen molar-refractivity contribution in [1.82, 2.24) is 14.8 Å². The number of benzene rings is 2. The molecule has 0 unspecified atom stereocenters. The van der Waals surface area contributed by atoms with Gasteiger partial charge in [0.2, 0.25) is 0 Å². The highest BCUT2D eigenvalue weighted by molar-refractivity contribution is 7.17. The van der Waals surface area contributed by atoms with Crippen molar-refractivity contribution in [2.24, 2.45) is 0 Å². The normalized spacial score (nSPS) is 20.8. The molecular weight excluding hydrogens is 466 g/mol. The molecule has 184 valence electrons. The second-order valence-electron chi connectivity index (χ2n) is 10.1. The first-order valence-electron chi connectivity index (χ1n) is 13.0. The standard InChI is InChI=1S/C30H31N3O2S/c34-28-26-19-27-25(17-18-36-27)32(26)21-30(23-13-7-4-8-14-23,33(28)20-22-11-5-3-6-12-22)29(35)31-24-15-9-1-2-10-16-24/h3-8,11-14,17-19,24H,1-2,9-10,15-16,20-21H2,(H,31,35)/t30-/m0/s1. The first-order chi connectivity index (χ1) is 17.7. The van der Waals surface area contributed by atoms with E-state index in [1.165, 1.54) is 12.8 Å². The maximum atomic E-state index is 14.5. The molecule has 0 saturated heterocycles. The van der Waals surface area contributed by atoms with Crippen LogP contribution in [0, 0.1) is 0 Å². The molecule has 1 atom stereocenters. The Balaban J connectivity index is 1.51. The fourth-order valence-corrected chi connectivity index (χ4v) is 6.76. The summed E-state index contributed by atoms with van der Waals surface area (Å²) in [5, 5.41) is 5.48. The maximum Gasteiger partial charge on any atom is 0.272 e. The van der Waals surface area contributed by atoms with Gasteiger partial charge in [-0.25, -0.2) is 0 Å². The van der Waals surface area contributed by atoms with E-state index in [9.17, 15) is 9.59 Å². The molecule has 0 bridgehead atoms. The highest BCUT2D eigenvalue weighted by Gasteiger charge is 2.52. The Morgan fingerprint density at radius 2 is 1.64 bits per heavy atom. The fourth-order valence-electron chi connectivity index (χ4n) is 5.94. The molecule has 0 spiro atoms. The lowest BCUT2D eigenvalue weighted by atomic mass is 9.83. The fraction of sp³-hybridized carbons (Fsp3) is 0.333. The van der Waals surface area contributed by atoms with Crippen molar-refractivity contribution in [3.8, 4) is 0 Å². The highest BCUT2D eigenvalue weighted by Crippen LogP contribution is 2.41. The van der Waals surface area contributed by atoms with E-state index in [0.29, 0.717) is 18.8 Å². The van der Waals surface area contributed by atoms with Gasteiger partial charge in [-0.1, -0.05) is 86.3 Å². The number of aromatic nitrogens is 1. The van der Waals surface area contributed by atoms with Gasteiger partial charge in [0.05, 0.1) is 16.8 Å². The minimum Gasteiger partial charge on any atom is -0.351 e. The van der Waals surface area contributed by atoms with Crippen molar-refractivity contribution in [2.45, 2.75) is 63.2 Å². The van der Waals surface area contributed by atoms with E-state index >= 15 is 0 Å². The third kappa shape index (κ3) is 3.94. The summed E-state index contributed by atoms with van der Waals surface area (Å²) < 4.78 is 3.14. The largest absolute Gasteiger partial charge is 0.351 e. The number of rotatable bonds is 5. The average molecular weight is 498 g/mol. The Labute approximate surface area is 215 Å². The lowest BCUT2D eigenvalue weighted by molar-refractivity contribution is -0.136. The van der Waals surface area contributed by atoms with Gasteiger partial charge in [-0.05, 0) is 41.5 Å². The minimum absolute atomic E-state index is 0.0763. The molecule has 2 aliphatic rings. The predicted molar refractivity (Wildman–Crippen MR) is 144 cm³/mol. The summed E-state index contributed by atoms with van der Waals surface area (Å²) in [4.78, 5) is 30.6. The van der Waals surface area contributed by atoms with E-state index < -0.39 is 5.54 Å². The Bertz CT molecular complexity index is 1370. The molecule has 1 N–H and O–H groups in total. The third-order valence-electron chi connectivity index (χ3n) is 7.84. The van der Waals surface area contributed by atoms with Crippen LogP contribution in [0.5, 0.6) is 0 Å². The summed E-state index contributed by atoms with van der Waals surface area (Å²) in [6.07, 6.45) is 6.69. The van der Waals surface area contributed by atoms with Gasteiger partial charge in [0, 0.05) is 12.6 Å². The molecule has 1 fully saturated rings. The molecule has 1 aliphatic carbocycles. The number of carbonyl (C=O) groups excluding carboxylic acids is 2. The number of hydrogen-bond donors (Lipinski definition) is 1. The predicted octanol–water partition coefficient (Wildman–Crippen LogP) is 6.09. The van der Waals surface area contributed by atoms with Crippen LogP contribution < -0.4 is 5.32 Å². The van der Waals surface area contributed by atoms with Crippen molar-refractivity contribution in [3.63, 3.8) is 0 Å². The molecule has 2 aromatic heterocycles. The number of nitrogens with one attached hydrogen (secondary N) is 1. The number of hydrogen-bond acceptors (Lipinski definition) is 3. The Kier molecular flexibility index (Phi) is 6.13. The van der Waals surface area contributed by atoms with Gasteiger partial charge in [0.1, 0.15) is 5.69 Å². The molecule has 2 aromatic carbocycles. The van der Waals surface area contributed by atoms with Crippen LogP contribution in [0.2, 0.25) is 0 Å². The summed E-state index contributed by atoms with van der Waals surface area (Å²) in [5.74, 6) is -0.180. The van der Waals surface area contributed by atoms with Gasteiger partial charge >= 0.3 is 0 Å². The van der Waals surface area contributed by atoms with Gasteiger partial charge in [-0.15, -0.1) is 11.3 Å². The molecule has 6 rings (SSSR count). The lowest BCUT2D eigenvalue weighted by Gasteiger charge is -2.47. The second kappa shape index (κ2) is 9.58. The molecule has 2 amide bonds. The number of amides is 2. The molecule has 5 nitrogen and oxygen atoms in total. The average Bonchev–Trinajstić information content (AvgIpc) is 3.41. The van der Waals surface area contributed by atoms with Crippen LogP contribution in [0.4, 0.5) is 0 Å². The van der Waals surface area contributed by atoms with Crippen LogP contribution in [0.3, 0.4) is 0 Å². The number of nitrogens with zero attached hydrogens (tertiary/aromatic N) is 2. The van der Waals surface area contributed by atoms with E-state index in [4.69, 9.17) is 0 Å². The quantitative estimate of drug-likeness (QED) is 0.339. The van der Waals surface area contributed by atoms with Crippen LogP contribution in [0.1, 0.15) is 60.1 Å². The second-order valence-corrected chi connectivity index (χ2v) is 11.0. The summed E-state index contributed by atoms with van der Waals surface area (Å²) in [6.45, 7) is 0.759. The van der Waals surface area contributed by atoms with Gasteiger partial charge in [-0.3, -0.25) is 9.59 Å². The zero-order valence-electron chi connectivity index (χ0n) is 20.4. The molecule has 4 aromatic rings. The van der Waals surface area contributed by atoms with Crippen LogP contribution >= 0.6 is 11.3 Å². The molecule has 0 radical (unpaired) electrons. The van der Waals surface area contributed by atoms with Crippen molar-refractivity contribution >= 4 is 33.4 Å². The van der Waals surface area contributed by atoms with Crippen molar-refractivity contribution in [2.75, 3.05) is 0 Å². The molecule has 6 heteroatoms. The molecule has 1 aliphatic heterocycles. The first kappa shape index (κ1) is 23.0. The number of carbonyl (C=O) groups is 2. The van der Waals surface area contributed by atoms with Gasteiger partial charge < -0.3 is 14.8 Å². The van der Waals surface area contributed by atoms with Crippen molar-refractivity contribution < 1.29 is 9.59 Å².